The first-order valence-electron chi connectivity index (χ1n) is 5.92. The molecule has 0 spiro atoms. The summed E-state index contributed by atoms with van der Waals surface area (Å²) in [7, 11) is 0. The topological polar surface area (TPSA) is 55.7 Å². The van der Waals surface area contributed by atoms with Gasteiger partial charge in [0.2, 0.25) is 0 Å². The molecule has 0 aromatic heterocycles. The largest absolute Gasteiger partial charge is 0.508 e. The van der Waals surface area contributed by atoms with Crippen molar-refractivity contribution in [2.75, 3.05) is 26.2 Å². The minimum Gasteiger partial charge on any atom is -0.508 e. The number of hydrogen-bond acceptors (Lipinski definition) is 4. The second kappa shape index (κ2) is 6.51. The normalized spacial score (nSPS) is 18.4. The molecule has 0 aliphatic carbocycles. The number of phenols is 2. The van der Waals surface area contributed by atoms with Crippen molar-refractivity contribution in [1.82, 2.24) is 10.2 Å². The van der Waals surface area contributed by atoms with Crippen LogP contribution in [0, 0.1) is 0 Å². The van der Waals surface area contributed by atoms with Crippen molar-refractivity contribution in [2.24, 2.45) is 0 Å². The predicted octanol–water partition coefficient (Wildman–Crippen LogP) is 2.03. The average molecular weight is 313 g/mol. The average Bonchev–Trinajstić information content (AvgIpc) is 2.27. The summed E-state index contributed by atoms with van der Waals surface area (Å²) in [6.07, 6.45) is -4.46. The van der Waals surface area contributed by atoms with Crippen molar-refractivity contribution in [3.8, 4) is 11.5 Å². The molecule has 1 atom stereocenters. The number of benzene rings is 1. The zero-order valence-electron chi connectivity index (χ0n) is 10.5. The zero-order valence-corrected chi connectivity index (χ0v) is 11.3. The Morgan fingerprint density at radius 2 is 1.55 bits per heavy atom. The third kappa shape index (κ3) is 3.91. The van der Waals surface area contributed by atoms with E-state index in [0.29, 0.717) is 13.1 Å². The van der Waals surface area contributed by atoms with Gasteiger partial charge in [-0.1, -0.05) is 0 Å². The maximum atomic E-state index is 13.2. The summed E-state index contributed by atoms with van der Waals surface area (Å²) in [6, 6.07) is 1.28. The number of piperazine rings is 1. The SMILES string of the molecule is Cl.Oc1cc(O)cc([C@@H](N2CCNCC2)C(F)(F)F)c1. The number of hydrogen-bond donors (Lipinski definition) is 3. The molecule has 1 aromatic carbocycles. The minimum atomic E-state index is -4.46. The lowest BCUT2D eigenvalue weighted by Crippen LogP contribution is -2.49. The molecule has 8 heteroatoms. The molecule has 2 rings (SSSR count). The van der Waals surface area contributed by atoms with Gasteiger partial charge in [0, 0.05) is 32.2 Å². The summed E-state index contributed by atoms with van der Waals surface area (Å²) in [4.78, 5) is 1.30. The molecule has 1 aliphatic rings. The maximum Gasteiger partial charge on any atom is 0.408 e. The molecular weight excluding hydrogens is 297 g/mol. The summed E-state index contributed by atoms with van der Waals surface area (Å²) in [5.74, 6) is -0.751. The molecule has 0 saturated carbocycles. The summed E-state index contributed by atoms with van der Waals surface area (Å²) in [6.45, 7) is 1.50. The van der Waals surface area contributed by atoms with E-state index in [1.54, 1.807) is 0 Å². The lowest BCUT2D eigenvalue weighted by Gasteiger charge is -2.36. The number of alkyl halides is 3. The van der Waals surface area contributed by atoms with Crippen LogP contribution in [-0.2, 0) is 0 Å². The van der Waals surface area contributed by atoms with Crippen molar-refractivity contribution >= 4 is 12.4 Å². The number of aromatic hydroxyl groups is 2. The van der Waals surface area contributed by atoms with E-state index in [9.17, 15) is 23.4 Å². The van der Waals surface area contributed by atoms with Crippen molar-refractivity contribution in [1.29, 1.82) is 0 Å². The Labute approximate surface area is 120 Å². The Kier molecular flexibility index (Phi) is 5.50. The number of nitrogens with zero attached hydrogens (tertiary/aromatic N) is 1. The second-order valence-corrected chi connectivity index (χ2v) is 4.51. The van der Waals surface area contributed by atoms with E-state index in [4.69, 9.17) is 0 Å². The number of nitrogens with one attached hydrogen (secondary N) is 1. The minimum absolute atomic E-state index is 0. The number of rotatable bonds is 2. The Hall–Kier alpha value is -1.18. The fraction of sp³-hybridized carbons (Fsp3) is 0.500. The van der Waals surface area contributed by atoms with E-state index in [1.165, 1.54) is 4.90 Å². The molecule has 1 heterocycles. The Morgan fingerprint density at radius 1 is 1.05 bits per heavy atom. The first-order valence-corrected chi connectivity index (χ1v) is 5.92. The van der Waals surface area contributed by atoms with Crippen molar-refractivity contribution < 1.29 is 23.4 Å². The molecule has 0 amide bonds. The fourth-order valence-corrected chi connectivity index (χ4v) is 2.32. The van der Waals surface area contributed by atoms with Crippen LogP contribution < -0.4 is 5.32 Å². The number of phenolic OH excluding ortho intramolecular Hbond substituents is 2. The van der Waals surface area contributed by atoms with Crippen LogP contribution in [-0.4, -0.2) is 47.5 Å². The van der Waals surface area contributed by atoms with E-state index >= 15 is 0 Å². The fourth-order valence-electron chi connectivity index (χ4n) is 2.32. The Morgan fingerprint density at radius 3 is 2.00 bits per heavy atom. The van der Waals surface area contributed by atoms with Gasteiger partial charge in [-0.3, -0.25) is 4.90 Å². The van der Waals surface area contributed by atoms with Crippen LogP contribution in [0.3, 0.4) is 0 Å². The Balaban J connectivity index is 0.00000200. The Bertz CT molecular complexity index is 431. The van der Waals surface area contributed by atoms with Crippen LogP contribution in [0.15, 0.2) is 18.2 Å². The highest BCUT2D eigenvalue weighted by atomic mass is 35.5. The lowest BCUT2D eigenvalue weighted by molar-refractivity contribution is -0.187. The summed E-state index contributed by atoms with van der Waals surface area (Å²) in [5.41, 5.74) is -0.146. The van der Waals surface area contributed by atoms with E-state index in [1.807, 2.05) is 0 Å². The summed E-state index contributed by atoms with van der Waals surface area (Å²) in [5, 5.41) is 21.7. The highest BCUT2D eigenvalue weighted by Crippen LogP contribution is 2.40. The summed E-state index contributed by atoms with van der Waals surface area (Å²) >= 11 is 0. The second-order valence-electron chi connectivity index (χ2n) is 4.51. The quantitative estimate of drug-likeness (QED) is 0.782. The maximum absolute atomic E-state index is 13.2. The van der Waals surface area contributed by atoms with Gasteiger partial charge >= 0.3 is 6.18 Å². The van der Waals surface area contributed by atoms with Gasteiger partial charge in [0.1, 0.15) is 17.5 Å². The van der Waals surface area contributed by atoms with E-state index in [-0.39, 0.29) is 42.6 Å². The molecule has 0 radical (unpaired) electrons. The standard InChI is InChI=1S/C12H15F3N2O2.ClH/c13-12(14,15)11(17-3-1-16-2-4-17)8-5-9(18)7-10(19)6-8;/h5-7,11,16,18-19H,1-4H2;1H/t11-;/m1./s1. The molecule has 114 valence electrons. The van der Waals surface area contributed by atoms with Gasteiger partial charge in [-0.15, -0.1) is 12.4 Å². The van der Waals surface area contributed by atoms with Gasteiger partial charge in [-0.05, 0) is 17.7 Å². The molecular formula is C12H16ClF3N2O2. The van der Waals surface area contributed by atoms with Crippen LogP contribution >= 0.6 is 12.4 Å². The third-order valence-corrected chi connectivity index (χ3v) is 3.07. The molecule has 4 nitrogen and oxygen atoms in total. The molecule has 20 heavy (non-hydrogen) atoms. The van der Waals surface area contributed by atoms with Gasteiger partial charge in [-0.25, -0.2) is 0 Å². The van der Waals surface area contributed by atoms with E-state index in [2.05, 4.69) is 5.32 Å². The van der Waals surface area contributed by atoms with Crippen molar-refractivity contribution in [3.63, 3.8) is 0 Å². The molecule has 1 aliphatic heterocycles. The smallest absolute Gasteiger partial charge is 0.408 e. The highest BCUT2D eigenvalue weighted by Gasteiger charge is 2.45. The van der Waals surface area contributed by atoms with Crippen LogP contribution in [0.25, 0.3) is 0 Å². The van der Waals surface area contributed by atoms with Gasteiger partial charge in [0.15, 0.2) is 0 Å². The van der Waals surface area contributed by atoms with Crippen molar-refractivity contribution in [3.05, 3.63) is 23.8 Å². The van der Waals surface area contributed by atoms with Crippen LogP contribution in [0.5, 0.6) is 11.5 Å². The predicted molar refractivity (Wildman–Crippen MR) is 70.3 cm³/mol. The monoisotopic (exact) mass is 312 g/mol. The highest BCUT2D eigenvalue weighted by molar-refractivity contribution is 5.85. The first kappa shape index (κ1) is 16.9. The number of halogens is 4. The molecule has 1 aromatic rings. The first-order chi connectivity index (χ1) is 8.88. The van der Waals surface area contributed by atoms with E-state index in [0.717, 1.165) is 18.2 Å². The molecule has 0 bridgehead atoms. The van der Waals surface area contributed by atoms with E-state index < -0.39 is 12.2 Å². The van der Waals surface area contributed by atoms with Gasteiger partial charge in [0.05, 0.1) is 0 Å². The van der Waals surface area contributed by atoms with Crippen molar-refractivity contribution in [2.45, 2.75) is 12.2 Å². The van der Waals surface area contributed by atoms with Gasteiger partial charge in [-0.2, -0.15) is 13.2 Å². The third-order valence-electron chi connectivity index (χ3n) is 3.07. The zero-order chi connectivity index (χ0) is 14.0. The molecule has 1 fully saturated rings. The molecule has 3 N–H and O–H groups in total. The molecule has 1 saturated heterocycles. The van der Waals surface area contributed by atoms with Crippen LogP contribution in [0.4, 0.5) is 13.2 Å². The summed E-state index contributed by atoms with van der Waals surface area (Å²) < 4.78 is 39.7. The van der Waals surface area contributed by atoms with Crippen LogP contribution in [0.1, 0.15) is 11.6 Å². The van der Waals surface area contributed by atoms with Gasteiger partial charge < -0.3 is 15.5 Å². The van der Waals surface area contributed by atoms with Gasteiger partial charge in [0.25, 0.3) is 0 Å². The lowest BCUT2D eigenvalue weighted by atomic mass is 10.0. The molecule has 0 unspecified atom stereocenters. The van der Waals surface area contributed by atoms with Crippen LogP contribution in [0.2, 0.25) is 0 Å².